The van der Waals surface area contributed by atoms with E-state index in [1.807, 2.05) is 32.0 Å². The molecule has 0 radical (unpaired) electrons. The molecule has 2 bridgehead atoms. The molecule has 1 aromatic rings. The Morgan fingerprint density at radius 1 is 1.09 bits per heavy atom. The Labute approximate surface area is 138 Å². The van der Waals surface area contributed by atoms with Crippen LogP contribution in [-0.4, -0.2) is 18.4 Å². The van der Waals surface area contributed by atoms with Crippen molar-refractivity contribution < 1.29 is 9.59 Å². The minimum atomic E-state index is -0.163. The number of para-hydroxylation sites is 1. The minimum Gasteiger partial charge on any atom is -0.347 e. The van der Waals surface area contributed by atoms with Crippen molar-refractivity contribution in [3.63, 3.8) is 0 Å². The van der Waals surface area contributed by atoms with E-state index in [-0.39, 0.29) is 18.4 Å². The number of carbonyl (C=O) groups excluding carboxylic acids is 2. The van der Waals surface area contributed by atoms with Gasteiger partial charge in [-0.25, -0.2) is 0 Å². The first kappa shape index (κ1) is 16.0. The van der Waals surface area contributed by atoms with E-state index in [1.54, 1.807) is 0 Å². The molecule has 3 unspecified atom stereocenters. The van der Waals surface area contributed by atoms with Gasteiger partial charge in [-0.2, -0.15) is 0 Å². The monoisotopic (exact) mass is 314 g/mol. The molecule has 1 aromatic carbocycles. The van der Waals surface area contributed by atoms with Crippen molar-refractivity contribution in [1.29, 1.82) is 0 Å². The lowest BCUT2D eigenvalue weighted by Crippen LogP contribution is -2.34. The third-order valence-electron chi connectivity index (χ3n) is 5.52. The number of nitrogens with one attached hydrogen (secondary N) is 2. The first-order chi connectivity index (χ1) is 11.0. The number of benzene rings is 1. The van der Waals surface area contributed by atoms with Gasteiger partial charge in [-0.05, 0) is 62.0 Å². The molecule has 3 atom stereocenters. The van der Waals surface area contributed by atoms with Crippen LogP contribution in [0.1, 0.15) is 43.2 Å². The van der Waals surface area contributed by atoms with Crippen molar-refractivity contribution in [3.05, 3.63) is 29.3 Å². The van der Waals surface area contributed by atoms with E-state index in [0.29, 0.717) is 12.3 Å². The van der Waals surface area contributed by atoms with Gasteiger partial charge >= 0.3 is 0 Å². The Morgan fingerprint density at radius 2 is 1.83 bits per heavy atom. The van der Waals surface area contributed by atoms with E-state index in [9.17, 15) is 9.59 Å². The molecule has 0 saturated heterocycles. The van der Waals surface area contributed by atoms with Gasteiger partial charge in [-0.1, -0.05) is 24.6 Å². The van der Waals surface area contributed by atoms with Gasteiger partial charge in [0, 0.05) is 12.1 Å². The number of hydrogen-bond donors (Lipinski definition) is 2. The Kier molecular flexibility index (Phi) is 4.69. The molecule has 4 nitrogen and oxygen atoms in total. The average Bonchev–Trinajstić information content (AvgIpc) is 3.12. The van der Waals surface area contributed by atoms with Gasteiger partial charge in [0.25, 0.3) is 0 Å². The highest BCUT2D eigenvalue weighted by atomic mass is 16.2. The lowest BCUT2D eigenvalue weighted by atomic mass is 9.86. The van der Waals surface area contributed by atoms with E-state index in [2.05, 4.69) is 10.6 Å². The molecule has 0 heterocycles. The highest BCUT2D eigenvalue weighted by molar-refractivity contribution is 5.95. The summed E-state index contributed by atoms with van der Waals surface area (Å²) in [6, 6.07) is 5.91. The fourth-order valence-corrected chi connectivity index (χ4v) is 4.31. The summed E-state index contributed by atoms with van der Waals surface area (Å²) in [5.41, 5.74) is 2.91. The van der Waals surface area contributed by atoms with E-state index >= 15 is 0 Å². The topological polar surface area (TPSA) is 58.2 Å². The standard InChI is InChI=1S/C19H26N2O2/c1-12-4-3-5-13(2)19(12)21-18(23)11-20-17(22)10-16-9-14-6-7-15(16)8-14/h3-5,14-16H,6-11H2,1-2H3,(H,20,22)(H,21,23). The highest BCUT2D eigenvalue weighted by Crippen LogP contribution is 2.49. The Balaban J connectivity index is 1.44. The maximum absolute atomic E-state index is 12.1. The quantitative estimate of drug-likeness (QED) is 0.877. The lowest BCUT2D eigenvalue weighted by Gasteiger charge is -2.20. The molecular formula is C19H26N2O2. The van der Waals surface area contributed by atoms with E-state index < -0.39 is 0 Å². The van der Waals surface area contributed by atoms with Crippen LogP contribution < -0.4 is 10.6 Å². The summed E-state index contributed by atoms with van der Waals surface area (Å²) >= 11 is 0. The number of rotatable bonds is 5. The van der Waals surface area contributed by atoms with Crippen LogP contribution in [0.5, 0.6) is 0 Å². The van der Waals surface area contributed by atoms with E-state index in [4.69, 9.17) is 0 Å². The first-order valence-electron chi connectivity index (χ1n) is 8.65. The van der Waals surface area contributed by atoms with Crippen molar-refractivity contribution in [2.24, 2.45) is 17.8 Å². The third kappa shape index (κ3) is 3.74. The second-order valence-corrected chi connectivity index (χ2v) is 7.23. The summed E-state index contributed by atoms with van der Waals surface area (Å²) in [5, 5.41) is 5.68. The van der Waals surface area contributed by atoms with Gasteiger partial charge in [-0.15, -0.1) is 0 Å². The van der Waals surface area contributed by atoms with Crippen LogP contribution >= 0.6 is 0 Å². The molecule has 2 N–H and O–H groups in total. The van der Waals surface area contributed by atoms with E-state index in [0.717, 1.165) is 28.7 Å². The molecule has 3 rings (SSSR count). The summed E-state index contributed by atoms with van der Waals surface area (Å²) < 4.78 is 0. The van der Waals surface area contributed by atoms with Crippen molar-refractivity contribution in [2.75, 3.05) is 11.9 Å². The molecule has 2 fully saturated rings. The number of anilines is 1. The first-order valence-corrected chi connectivity index (χ1v) is 8.65. The fraction of sp³-hybridized carbons (Fsp3) is 0.579. The molecule has 0 aromatic heterocycles. The second kappa shape index (κ2) is 6.73. The smallest absolute Gasteiger partial charge is 0.243 e. The number of hydrogen-bond acceptors (Lipinski definition) is 2. The average molecular weight is 314 g/mol. The highest BCUT2D eigenvalue weighted by Gasteiger charge is 2.40. The van der Waals surface area contributed by atoms with Crippen LogP contribution in [0.3, 0.4) is 0 Å². The Hall–Kier alpha value is -1.84. The molecule has 0 aliphatic heterocycles. The van der Waals surface area contributed by atoms with Crippen LogP contribution in [0, 0.1) is 31.6 Å². The summed E-state index contributed by atoms with van der Waals surface area (Å²) in [6.45, 7) is 3.99. The molecule has 124 valence electrons. The van der Waals surface area contributed by atoms with Gasteiger partial charge in [0.05, 0.1) is 6.54 Å². The maximum atomic E-state index is 12.1. The zero-order valence-electron chi connectivity index (χ0n) is 14.0. The van der Waals surface area contributed by atoms with Crippen LogP contribution in [0.2, 0.25) is 0 Å². The summed E-state index contributed by atoms with van der Waals surface area (Å²) in [7, 11) is 0. The second-order valence-electron chi connectivity index (χ2n) is 7.23. The molecule has 4 heteroatoms. The molecule has 23 heavy (non-hydrogen) atoms. The normalized spacial score (nSPS) is 25.4. The molecule has 2 aliphatic carbocycles. The fourth-order valence-electron chi connectivity index (χ4n) is 4.31. The van der Waals surface area contributed by atoms with Crippen molar-refractivity contribution in [3.8, 4) is 0 Å². The number of amides is 2. The predicted octanol–water partition coefficient (Wildman–Crippen LogP) is 3.18. The van der Waals surface area contributed by atoms with Crippen LogP contribution in [-0.2, 0) is 9.59 Å². The Bertz CT molecular complexity index is 591. The summed E-state index contributed by atoms with van der Waals surface area (Å²) in [4.78, 5) is 24.1. The zero-order valence-corrected chi connectivity index (χ0v) is 14.0. The lowest BCUT2D eigenvalue weighted by molar-refractivity contribution is -0.125. The van der Waals surface area contributed by atoms with Gasteiger partial charge in [-0.3, -0.25) is 9.59 Å². The SMILES string of the molecule is Cc1cccc(C)c1NC(=O)CNC(=O)CC1CC2CCC1C2. The van der Waals surface area contributed by atoms with E-state index in [1.165, 1.54) is 25.7 Å². The van der Waals surface area contributed by atoms with Crippen molar-refractivity contribution in [1.82, 2.24) is 5.32 Å². The number of aryl methyl sites for hydroxylation is 2. The molecule has 2 aliphatic rings. The van der Waals surface area contributed by atoms with Crippen LogP contribution in [0.25, 0.3) is 0 Å². The van der Waals surface area contributed by atoms with Crippen molar-refractivity contribution >= 4 is 17.5 Å². The molecular weight excluding hydrogens is 288 g/mol. The minimum absolute atomic E-state index is 0.0132. The summed E-state index contributed by atoms with van der Waals surface area (Å²) in [6.07, 6.45) is 5.73. The molecule has 2 amide bonds. The number of fused-ring (bicyclic) bond motifs is 2. The van der Waals surface area contributed by atoms with Crippen LogP contribution in [0.4, 0.5) is 5.69 Å². The molecule has 2 saturated carbocycles. The van der Waals surface area contributed by atoms with Crippen LogP contribution in [0.15, 0.2) is 18.2 Å². The Morgan fingerprint density at radius 3 is 2.43 bits per heavy atom. The van der Waals surface area contributed by atoms with Gasteiger partial charge in [0.2, 0.25) is 11.8 Å². The summed E-state index contributed by atoms with van der Waals surface area (Å²) in [5.74, 6) is 1.98. The zero-order chi connectivity index (χ0) is 16.4. The van der Waals surface area contributed by atoms with Gasteiger partial charge in [0.1, 0.15) is 0 Å². The maximum Gasteiger partial charge on any atom is 0.243 e. The third-order valence-corrected chi connectivity index (χ3v) is 5.52. The van der Waals surface area contributed by atoms with Gasteiger partial charge in [0.15, 0.2) is 0 Å². The molecule has 0 spiro atoms. The largest absolute Gasteiger partial charge is 0.347 e. The van der Waals surface area contributed by atoms with Crippen molar-refractivity contribution in [2.45, 2.75) is 46.0 Å². The number of carbonyl (C=O) groups is 2. The predicted molar refractivity (Wildman–Crippen MR) is 91.1 cm³/mol. The van der Waals surface area contributed by atoms with Gasteiger partial charge < -0.3 is 10.6 Å².